The molecular weight excluding hydrogens is 197 g/mol. The molecule has 0 spiro atoms. The molecule has 0 atom stereocenters. The molecule has 1 aliphatic heterocycles. The van der Waals surface area contributed by atoms with Crippen molar-refractivity contribution in [3.05, 3.63) is 23.5 Å². The first kappa shape index (κ1) is 10.2. The Kier molecular flexibility index (Phi) is 3.06. The Hall–Kier alpha value is -1.29. The van der Waals surface area contributed by atoms with Gasteiger partial charge in [-0.15, -0.1) is 0 Å². The van der Waals surface area contributed by atoms with Gasteiger partial charge in [0.25, 0.3) is 0 Å². The van der Waals surface area contributed by atoms with Gasteiger partial charge >= 0.3 is 0 Å². The molecule has 2 rings (SSSR count). The first-order valence-corrected chi connectivity index (χ1v) is 5.10. The fourth-order valence-electron chi connectivity index (χ4n) is 1.65. The van der Waals surface area contributed by atoms with Gasteiger partial charge in [-0.05, 0) is 25.1 Å². The summed E-state index contributed by atoms with van der Waals surface area (Å²) in [4.78, 5) is 0. The van der Waals surface area contributed by atoms with Crippen LogP contribution in [0.2, 0.25) is 0 Å². The number of hydrogen-bond acceptors (Lipinski definition) is 3. The number of rotatable bonds is 2. The summed E-state index contributed by atoms with van der Waals surface area (Å²) in [5, 5.41) is 0. The van der Waals surface area contributed by atoms with E-state index in [1.807, 2.05) is 0 Å². The second kappa shape index (κ2) is 4.49. The van der Waals surface area contributed by atoms with Gasteiger partial charge in [0.1, 0.15) is 5.82 Å². The summed E-state index contributed by atoms with van der Waals surface area (Å²) < 4.78 is 24.5. The number of hydrogen-bond donors (Lipinski definition) is 1. The van der Waals surface area contributed by atoms with Gasteiger partial charge in [0.2, 0.25) is 0 Å². The largest absolute Gasteiger partial charge is 0.490 e. The summed E-state index contributed by atoms with van der Waals surface area (Å²) in [7, 11) is 0. The summed E-state index contributed by atoms with van der Waals surface area (Å²) >= 11 is 0. The Morgan fingerprint density at radius 3 is 2.87 bits per heavy atom. The number of nitrogens with two attached hydrogens (primary N) is 1. The third-order valence-electron chi connectivity index (χ3n) is 2.35. The molecule has 1 aromatic rings. The van der Waals surface area contributed by atoms with Crippen LogP contribution in [0.5, 0.6) is 11.5 Å². The highest BCUT2D eigenvalue weighted by Crippen LogP contribution is 2.35. The Balaban J connectivity index is 2.42. The predicted molar refractivity (Wildman–Crippen MR) is 54.8 cm³/mol. The van der Waals surface area contributed by atoms with E-state index in [0.29, 0.717) is 43.2 Å². The minimum Gasteiger partial charge on any atom is -0.490 e. The van der Waals surface area contributed by atoms with Crippen LogP contribution in [0.3, 0.4) is 0 Å². The van der Waals surface area contributed by atoms with Crippen molar-refractivity contribution in [1.82, 2.24) is 0 Å². The molecule has 0 amide bonds. The van der Waals surface area contributed by atoms with Gasteiger partial charge in [-0.1, -0.05) is 0 Å². The Labute approximate surface area is 88.0 Å². The van der Waals surface area contributed by atoms with Crippen LogP contribution in [0, 0.1) is 5.82 Å². The van der Waals surface area contributed by atoms with Crippen LogP contribution < -0.4 is 15.2 Å². The molecule has 0 unspecified atom stereocenters. The van der Waals surface area contributed by atoms with Crippen LogP contribution >= 0.6 is 0 Å². The second-order valence-corrected chi connectivity index (χ2v) is 3.44. The zero-order valence-corrected chi connectivity index (χ0v) is 8.46. The van der Waals surface area contributed by atoms with E-state index in [2.05, 4.69) is 0 Å². The second-order valence-electron chi connectivity index (χ2n) is 3.44. The van der Waals surface area contributed by atoms with Gasteiger partial charge in [-0.2, -0.15) is 0 Å². The first-order valence-electron chi connectivity index (χ1n) is 5.10. The summed E-state index contributed by atoms with van der Waals surface area (Å²) in [6.07, 6.45) is 1.29. The van der Waals surface area contributed by atoms with E-state index in [4.69, 9.17) is 15.2 Å². The molecular formula is C11H14FNO2. The smallest absolute Gasteiger partial charge is 0.167 e. The summed E-state index contributed by atoms with van der Waals surface area (Å²) in [6, 6.07) is 3.01. The van der Waals surface area contributed by atoms with Gasteiger partial charge < -0.3 is 15.2 Å². The highest BCUT2D eigenvalue weighted by molar-refractivity contribution is 5.48. The molecule has 0 aromatic heterocycles. The van der Waals surface area contributed by atoms with E-state index >= 15 is 0 Å². The van der Waals surface area contributed by atoms with Gasteiger partial charge in [-0.25, -0.2) is 4.39 Å². The molecule has 0 fully saturated rings. The average molecular weight is 211 g/mol. The van der Waals surface area contributed by atoms with Crippen LogP contribution in [0.4, 0.5) is 4.39 Å². The Morgan fingerprint density at radius 2 is 2.07 bits per heavy atom. The number of benzene rings is 1. The van der Waals surface area contributed by atoms with Crippen LogP contribution in [0.15, 0.2) is 12.1 Å². The van der Waals surface area contributed by atoms with E-state index in [9.17, 15) is 4.39 Å². The maximum absolute atomic E-state index is 13.5. The first-order chi connectivity index (χ1) is 7.33. The Morgan fingerprint density at radius 1 is 1.27 bits per heavy atom. The van der Waals surface area contributed by atoms with E-state index in [-0.39, 0.29) is 5.82 Å². The van der Waals surface area contributed by atoms with Gasteiger partial charge in [-0.3, -0.25) is 0 Å². The molecule has 2 N–H and O–H groups in total. The van der Waals surface area contributed by atoms with Crippen LogP contribution in [-0.4, -0.2) is 19.8 Å². The molecule has 15 heavy (non-hydrogen) atoms. The summed E-state index contributed by atoms with van der Waals surface area (Å²) in [5.74, 6) is 0.875. The molecule has 0 saturated carbocycles. The van der Waals surface area contributed by atoms with Crippen LogP contribution in [-0.2, 0) is 6.42 Å². The van der Waals surface area contributed by atoms with Crippen molar-refractivity contribution in [2.75, 3.05) is 19.8 Å². The highest BCUT2D eigenvalue weighted by Gasteiger charge is 2.17. The minimum absolute atomic E-state index is 0.273. The molecule has 0 saturated heterocycles. The van der Waals surface area contributed by atoms with E-state index in [1.165, 1.54) is 6.07 Å². The summed E-state index contributed by atoms with van der Waals surface area (Å²) in [6.45, 7) is 1.57. The third-order valence-corrected chi connectivity index (χ3v) is 2.35. The minimum atomic E-state index is -0.273. The molecule has 0 radical (unpaired) electrons. The van der Waals surface area contributed by atoms with Crippen molar-refractivity contribution in [3.63, 3.8) is 0 Å². The van der Waals surface area contributed by atoms with Crippen molar-refractivity contribution >= 4 is 0 Å². The van der Waals surface area contributed by atoms with Crippen molar-refractivity contribution < 1.29 is 13.9 Å². The molecule has 0 bridgehead atoms. The van der Waals surface area contributed by atoms with E-state index < -0.39 is 0 Å². The van der Waals surface area contributed by atoms with Crippen molar-refractivity contribution in [1.29, 1.82) is 0 Å². The van der Waals surface area contributed by atoms with Crippen molar-refractivity contribution in [2.45, 2.75) is 12.8 Å². The fourth-order valence-corrected chi connectivity index (χ4v) is 1.65. The molecule has 4 heteroatoms. The number of halogens is 1. The SMILES string of the molecule is NCCc1c(F)ccc2c1OCCCO2. The zero-order chi connectivity index (χ0) is 10.7. The number of ether oxygens (including phenoxy) is 2. The van der Waals surface area contributed by atoms with Crippen molar-refractivity contribution in [3.8, 4) is 11.5 Å². The van der Waals surface area contributed by atoms with Crippen LogP contribution in [0.1, 0.15) is 12.0 Å². The van der Waals surface area contributed by atoms with Crippen LogP contribution in [0.25, 0.3) is 0 Å². The highest BCUT2D eigenvalue weighted by atomic mass is 19.1. The maximum atomic E-state index is 13.5. The third kappa shape index (κ3) is 2.04. The topological polar surface area (TPSA) is 44.5 Å². The normalized spacial score (nSPS) is 14.8. The van der Waals surface area contributed by atoms with Crippen molar-refractivity contribution in [2.24, 2.45) is 5.73 Å². The molecule has 0 aliphatic carbocycles. The van der Waals surface area contributed by atoms with Gasteiger partial charge in [0.15, 0.2) is 11.5 Å². The average Bonchev–Trinajstić information content (AvgIpc) is 2.47. The molecule has 3 nitrogen and oxygen atoms in total. The monoisotopic (exact) mass is 211 g/mol. The maximum Gasteiger partial charge on any atom is 0.167 e. The molecule has 1 aromatic carbocycles. The molecule has 1 heterocycles. The number of fused-ring (bicyclic) bond motifs is 1. The quantitative estimate of drug-likeness (QED) is 0.806. The van der Waals surface area contributed by atoms with E-state index in [1.54, 1.807) is 6.07 Å². The molecule has 1 aliphatic rings. The predicted octanol–water partition coefficient (Wildman–Crippen LogP) is 1.49. The van der Waals surface area contributed by atoms with Gasteiger partial charge in [0, 0.05) is 12.0 Å². The fraction of sp³-hybridized carbons (Fsp3) is 0.455. The molecule has 82 valence electrons. The Bertz CT molecular complexity index is 355. The lowest BCUT2D eigenvalue weighted by Gasteiger charge is -2.12. The standard InChI is InChI=1S/C11H14FNO2/c12-9-2-3-10-11(8(9)4-5-13)15-7-1-6-14-10/h2-3H,1,4-7,13H2. The van der Waals surface area contributed by atoms with E-state index in [0.717, 1.165) is 6.42 Å². The lowest BCUT2D eigenvalue weighted by molar-refractivity contribution is 0.296. The lowest BCUT2D eigenvalue weighted by atomic mass is 10.1. The zero-order valence-electron chi connectivity index (χ0n) is 8.46. The lowest BCUT2D eigenvalue weighted by Crippen LogP contribution is -2.07. The van der Waals surface area contributed by atoms with Gasteiger partial charge in [0.05, 0.1) is 13.2 Å². The summed E-state index contributed by atoms with van der Waals surface area (Å²) in [5.41, 5.74) is 5.96.